The molecular formula is C14H9BrCl2N2O2. The average molecular weight is 388 g/mol. The number of halogens is 3. The third-order valence-electron chi connectivity index (χ3n) is 2.54. The largest absolute Gasteiger partial charge is 0.507 e. The standard InChI is InChI=1S/C14H9BrCl2N2O2/c15-9-1-4-13(20)8(5-9)7-18-19-14(21)11-3-2-10(16)6-12(11)17/h1-7,20H,(H,19,21)/b18-7-. The van der Waals surface area contributed by atoms with E-state index in [0.29, 0.717) is 10.6 Å². The average Bonchev–Trinajstić information content (AvgIpc) is 2.42. The summed E-state index contributed by atoms with van der Waals surface area (Å²) in [7, 11) is 0. The first kappa shape index (κ1) is 15.8. The quantitative estimate of drug-likeness (QED) is 0.611. The number of nitrogens with one attached hydrogen (secondary N) is 1. The minimum atomic E-state index is -0.470. The van der Waals surface area contributed by atoms with Crippen molar-refractivity contribution in [3.8, 4) is 5.75 Å². The van der Waals surface area contributed by atoms with Gasteiger partial charge >= 0.3 is 0 Å². The molecule has 4 nitrogen and oxygen atoms in total. The van der Waals surface area contributed by atoms with E-state index in [4.69, 9.17) is 23.2 Å². The number of amides is 1. The molecule has 0 unspecified atom stereocenters. The molecule has 108 valence electrons. The minimum absolute atomic E-state index is 0.0562. The van der Waals surface area contributed by atoms with Gasteiger partial charge < -0.3 is 5.11 Å². The molecule has 0 bridgehead atoms. The molecule has 0 spiro atoms. The molecule has 2 N–H and O–H groups in total. The predicted octanol–water partition coefficient (Wildman–Crippen LogP) is 4.23. The number of carbonyl (C=O) groups is 1. The van der Waals surface area contributed by atoms with Gasteiger partial charge in [-0.3, -0.25) is 4.79 Å². The van der Waals surface area contributed by atoms with E-state index in [-0.39, 0.29) is 16.3 Å². The zero-order valence-corrected chi connectivity index (χ0v) is 13.6. The van der Waals surface area contributed by atoms with Crippen LogP contribution in [0.5, 0.6) is 5.75 Å². The highest BCUT2D eigenvalue weighted by Crippen LogP contribution is 2.21. The van der Waals surface area contributed by atoms with Gasteiger partial charge in [-0.2, -0.15) is 5.10 Å². The van der Waals surface area contributed by atoms with E-state index >= 15 is 0 Å². The van der Waals surface area contributed by atoms with Crippen LogP contribution >= 0.6 is 39.1 Å². The highest BCUT2D eigenvalue weighted by molar-refractivity contribution is 9.10. The van der Waals surface area contributed by atoms with Gasteiger partial charge in [0.15, 0.2) is 0 Å². The van der Waals surface area contributed by atoms with Gasteiger partial charge in [-0.25, -0.2) is 5.43 Å². The number of hydrogen-bond donors (Lipinski definition) is 2. The van der Waals surface area contributed by atoms with Crippen molar-refractivity contribution in [2.45, 2.75) is 0 Å². The van der Waals surface area contributed by atoms with E-state index in [9.17, 15) is 9.90 Å². The maximum atomic E-state index is 11.9. The third kappa shape index (κ3) is 4.20. The Morgan fingerprint density at radius 3 is 2.71 bits per heavy atom. The van der Waals surface area contributed by atoms with Crippen molar-refractivity contribution < 1.29 is 9.90 Å². The fourth-order valence-corrected chi connectivity index (χ4v) is 2.40. The second kappa shape index (κ2) is 6.93. The summed E-state index contributed by atoms with van der Waals surface area (Å²) in [6, 6.07) is 9.42. The molecule has 1 amide bonds. The smallest absolute Gasteiger partial charge is 0.272 e. The monoisotopic (exact) mass is 386 g/mol. The molecule has 0 saturated heterocycles. The van der Waals surface area contributed by atoms with Gasteiger partial charge in [0.25, 0.3) is 5.91 Å². The SMILES string of the molecule is O=C(N/N=C\c1cc(Br)ccc1O)c1ccc(Cl)cc1Cl. The Morgan fingerprint density at radius 1 is 1.24 bits per heavy atom. The second-order valence-corrected chi connectivity index (χ2v) is 5.79. The second-order valence-electron chi connectivity index (χ2n) is 4.03. The zero-order chi connectivity index (χ0) is 15.4. The highest BCUT2D eigenvalue weighted by Gasteiger charge is 2.09. The van der Waals surface area contributed by atoms with Crippen LogP contribution in [-0.4, -0.2) is 17.2 Å². The van der Waals surface area contributed by atoms with Crippen LogP contribution in [0.25, 0.3) is 0 Å². The van der Waals surface area contributed by atoms with Gasteiger partial charge in [0.05, 0.1) is 16.8 Å². The first-order valence-electron chi connectivity index (χ1n) is 5.74. The highest BCUT2D eigenvalue weighted by atomic mass is 79.9. The van der Waals surface area contributed by atoms with Crippen molar-refractivity contribution in [3.63, 3.8) is 0 Å². The fraction of sp³-hybridized carbons (Fsp3) is 0. The summed E-state index contributed by atoms with van der Waals surface area (Å²) in [6.07, 6.45) is 1.34. The molecule has 0 heterocycles. The van der Waals surface area contributed by atoms with Gasteiger partial charge in [-0.05, 0) is 36.4 Å². The molecule has 0 aliphatic carbocycles. The number of rotatable bonds is 3. The molecule has 2 aromatic carbocycles. The normalized spacial score (nSPS) is 10.8. The van der Waals surface area contributed by atoms with Crippen LogP contribution < -0.4 is 5.43 Å². The lowest BCUT2D eigenvalue weighted by Gasteiger charge is -2.03. The van der Waals surface area contributed by atoms with Crippen molar-refractivity contribution in [1.29, 1.82) is 0 Å². The Kier molecular flexibility index (Phi) is 5.22. The molecule has 2 aromatic rings. The lowest BCUT2D eigenvalue weighted by atomic mass is 10.2. The molecule has 0 aliphatic heterocycles. The van der Waals surface area contributed by atoms with Gasteiger partial charge in [0.2, 0.25) is 0 Å². The Hall–Kier alpha value is -1.56. The topological polar surface area (TPSA) is 61.7 Å². The molecule has 0 atom stereocenters. The summed E-state index contributed by atoms with van der Waals surface area (Å²) in [5.74, 6) is -0.414. The first-order valence-corrected chi connectivity index (χ1v) is 7.29. The Morgan fingerprint density at radius 2 is 2.00 bits per heavy atom. The molecule has 2 rings (SSSR count). The number of nitrogens with zero attached hydrogens (tertiary/aromatic N) is 1. The van der Waals surface area contributed by atoms with Crippen LogP contribution in [0.3, 0.4) is 0 Å². The van der Waals surface area contributed by atoms with Crippen molar-refractivity contribution >= 4 is 51.3 Å². The zero-order valence-electron chi connectivity index (χ0n) is 10.5. The predicted molar refractivity (Wildman–Crippen MR) is 87.3 cm³/mol. The minimum Gasteiger partial charge on any atom is -0.507 e. The van der Waals surface area contributed by atoms with Gasteiger partial charge in [0, 0.05) is 15.1 Å². The molecule has 7 heteroatoms. The maximum absolute atomic E-state index is 11.9. The van der Waals surface area contributed by atoms with E-state index in [1.165, 1.54) is 24.4 Å². The van der Waals surface area contributed by atoms with Crippen LogP contribution in [0.2, 0.25) is 10.0 Å². The molecule has 0 saturated carbocycles. The van der Waals surface area contributed by atoms with Crippen LogP contribution in [0.1, 0.15) is 15.9 Å². The summed E-state index contributed by atoms with van der Waals surface area (Å²) >= 11 is 15.0. The molecule has 0 radical (unpaired) electrons. The van der Waals surface area contributed by atoms with E-state index < -0.39 is 5.91 Å². The molecular weight excluding hydrogens is 379 g/mol. The van der Waals surface area contributed by atoms with Gasteiger partial charge in [-0.15, -0.1) is 0 Å². The number of hydrogen-bond acceptors (Lipinski definition) is 3. The van der Waals surface area contributed by atoms with Crippen LogP contribution in [0.4, 0.5) is 0 Å². The summed E-state index contributed by atoms with van der Waals surface area (Å²) in [5, 5.41) is 14.1. The molecule has 21 heavy (non-hydrogen) atoms. The van der Waals surface area contributed by atoms with Gasteiger partial charge in [-0.1, -0.05) is 39.1 Å². The van der Waals surface area contributed by atoms with Crippen molar-refractivity contribution in [1.82, 2.24) is 5.43 Å². The number of hydrazone groups is 1. The summed E-state index contributed by atoms with van der Waals surface area (Å²) in [5.41, 5.74) is 3.06. The summed E-state index contributed by atoms with van der Waals surface area (Å²) in [6.45, 7) is 0. The Bertz CT molecular complexity index is 720. The van der Waals surface area contributed by atoms with Crippen molar-refractivity contribution in [2.24, 2.45) is 5.10 Å². The van der Waals surface area contributed by atoms with E-state index in [2.05, 4.69) is 26.5 Å². The fourth-order valence-electron chi connectivity index (χ4n) is 1.52. The Labute approximate surface area is 139 Å². The number of benzene rings is 2. The van der Waals surface area contributed by atoms with Crippen LogP contribution in [-0.2, 0) is 0 Å². The number of aromatic hydroxyl groups is 1. The van der Waals surface area contributed by atoms with E-state index in [1.54, 1.807) is 18.2 Å². The number of carbonyl (C=O) groups excluding carboxylic acids is 1. The molecule has 0 aliphatic rings. The maximum Gasteiger partial charge on any atom is 0.272 e. The van der Waals surface area contributed by atoms with E-state index in [0.717, 1.165) is 4.47 Å². The molecule has 0 fully saturated rings. The van der Waals surface area contributed by atoms with Crippen molar-refractivity contribution in [2.75, 3.05) is 0 Å². The Balaban J connectivity index is 2.10. The molecule has 0 aromatic heterocycles. The summed E-state index contributed by atoms with van der Waals surface area (Å²) in [4.78, 5) is 11.9. The van der Waals surface area contributed by atoms with Crippen molar-refractivity contribution in [3.05, 3.63) is 62.0 Å². The lowest BCUT2D eigenvalue weighted by Crippen LogP contribution is -2.18. The van der Waals surface area contributed by atoms with Crippen LogP contribution in [0, 0.1) is 0 Å². The number of phenols is 1. The first-order chi connectivity index (χ1) is 9.97. The van der Waals surface area contributed by atoms with Crippen LogP contribution in [0.15, 0.2) is 46.0 Å². The number of phenolic OH excluding ortho intramolecular Hbond substituents is 1. The van der Waals surface area contributed by atoms with E-state index in [1.807, 2.05) is 0 Å². The van der Waals surface area contributed by atoms with Gasteiger partial charge in [0.1, 0.15) is 5.75 Å². The summed E-state index contributed by atoms with van der Waals surface area (Å²) < 4.78 is 0.786. The lowest BCUT2D eigenvalue weighted by molar-refractivity contribution is 0.0955. The third-order valence-corrected chi connectivity index (χ3v) is 3.58.